The number of para-hydroxylation sites is 1. The summed E-state index contributed by atoms with van der Waals surface area (Å²) in [6.45, 7) is 5.26. The molecule has 0 saturated heterocycles. The monoisotopic (exact) mass is 247 g/mol. The zero-order valence-corrected chi connectivity index (χ0v) is 11.5. The lowest BCUT2D eigenvalue weighted by molar-refractivity contribution is 0.462. The van der Waals surface area contributed by atoms with Gasteiger partial charge in [-0.25, -0.2) is 0 Å². The van der Waals surface area contributed by atoms with Crippen molar-refractivity contribution in [2.45, 2.75) is 39.5 Å². The second-order valence-corrected chi connectivity index (χ2v) is 4.63. The molecule has 100 valence electrons. The summed E-state index contributed by atoms with van der Waals surface area (Å²) in [5.74, 6) is 1.16. The van der Waals surface area contributed by atoms with Crippen LogP contribution in [-0.4, -0.2) is 12.5 Å². The number of aliphatic imine (C=N–C) groups is 1. The van der Waals surface area contributed by atoms with E-state index in [1.165, 1.54) is 25.7 Å². The summed E-state index contributed by atoms with van der Waals surface area (Å²) in [6.07, 6.45) is 4.94. The fourth-order valence-corrected chi connectivity index (χ4v) is 1.85. The maximum absolute atomic E-state index is 5.88. The van der Waals surface area contributed by atoms with Crippen LogP contribution in [0.4, 0.5) is 5.69 Å². The number of guanidine groups is 1. The van der Waals surface area contributed by atoms with E-state index < -0.39 is 0 Å². The van der Waals surface area contributed by atoms with Gasteiger partial charge in [-0.15, -0.1) is 0 Å². The predicted molar refractivity (Wildman–Crippen MR) is 79.9 cm³/mol. The molecule has 0 heterocycles. The Hall–Kier alpha value is -1.51. The average molecular weight is 247 g/mol. The molecule has 0 spiro atoms. The Labute approximate surface area is 111 Å². The molecule has 18 heavy (non-hydrogen) atoms. The van der Waals surface area contributed by atoms with Crippen LogP contribution in [0.25, 0.3) is 0 Å². The third-order valence-electron chi connectivity index (χ3n) is 3.11. The van der Waals surface area contributed by atoms with Gasteiger partial charge in [-0.1, -0.05) is 51.3 Å². The average Bonchev–Trinajstić information content (AvgIpc) is 2.40. The lowest BCUT2D eigenvalue weighted by atomic mass is 10.00. The molecule has 1 aromatic carbocycles. The fourth-order valence-electron chi connectivity index (χ4n) is 1.85. The van der Waals surface area contributed by atoms with Crippen molar-refractivity contribution in [2.24, 2.45) is 16.6 Å². The molecule has 1 aromatic rings. The van der Waals surface area contributed by atoms with Crippen LogP contribution >= 0.6 is 0 Å². The van der Waals surface area contributed by atoms with Gasteiger partial charge in [-0.2, -0.15) is 0 Å². The van der Waals surface area contributed by atoms with Crippen molar-refractivity contribution in [2.75, 3.05) is 11.9 Å². The molecule has 3 N–H and O–H groups in total. The molecule has 0 aliphatic carbocycles. The van der Waals surface area contributed by atoms with Crippen LogP contribution in [0.2, 0.25) is 0 Å². The van der Waals surface area contributed by atoms with E-state index in [1.54, 1.807) is 0 Å². The Morgan fingerprint density at radius 3 is 2.61 bits per heavy atom. The number of anilines is 1. The standard InChI is InChI=1S/C15H25N3/c1-3-5-9-13(4-2)12-17-15(16)18-14-10-7-6-8-11-14/h6-8,10-11,13H,3-5,9,12H2,1-2H3,(H3,16,17,18). The zero-order valence-electron chi connectivity index (χ0n) is 11.5. The number of hydrogen-bond acceptors (Lipinski definition) is 1. The van der Waals surface area contributed by atoms with Gasteiger partial charge >= 0.3 is 0 Å². The largest absolute Gasteiger partial charge is 0.370 e. The minimum atomic E-state index is 0.510. The summed E-state index contributed by atoms with van der Waals surface area (Å²) in [4.78, 5) is 4.43. The zero-order chi connectivity index (χ0) is 13.2. The molecule has 0 radical (unpaired) electrons. The summed E-state index contributed by atoms with van der Waals surface area (Å²) in [5.41, 5.74) is 6.86. The van der Waals surface area contributed by atoms with Gasteiger partial charge in [0.2, 0.25) is 0 Å². The highest BCUT2D eigenvalue weighted by atomic mass is 15.1. The molecule has 3 nitrogen and oxygen atoms in total. The first-order valence-corrected chi connectivity index (χ1v) is 6.88. The van der Waals surface area contributed by atoms with Gasteiger partial charge in [-0.05, 0) is 24.5 Å². The summed E-state index contributed by atoms with van der Waals surface area (Å²) < 4.78 is 0. The summed E-state index contributed by atoms with van der Waals surface area (Å²) >= 11 is 0. The van der Waals surface area contributed by atoms with E-state index in [0.29, 0.717) is 11.9 Å². The smallest absolute Gasteiger partial charge is 0.193 e. The predicted octanol–water partition coefficient (Wildman–Crippen LogP) is 3.63. The molecule has 0 aromatic heterocycles. The molecule has 3 heteroatoms. The number of hydrogen-bond donors (Lipinski definition) is 2. The number of nitrogens with zero attached hydrogens (tertiary/aromatic N) is 1. The van der Waals surface area contributed by atoms with Gasteiger partial charge in [0.15, 0.2) is 5.96 Å². The third-order valence-corrected chi connectivity index (χ3v) is 3.11. The minimum absolute atomic E-state index is 0.510. The Kier molecular flexibility index (Phi) is 6.92. The van der Waals surface area contributed by atoms with Crippen molar-refractivity contribution >= 4 is 11.6 Å². The Balaban J connectivity index is 2.40. The van der Waals surface area contributed by atoms with Crippen molar-refractivity contribution in [3.05, 3.63) is 30.3 Å². The van der Waals surface area contributed by atoms with E-state index in [4.69, 9.17) is 5.73 Å². The van der Waals surface area contributed by atoms with Crippen molar-refractivity contribution in [1.82, 2.24) is 0 Å². The lowest BCUT2D eigenvalue weighted by Gasteiger charge is -2.12. The maximum Gasteiger partial charge on any atom is 0.193 e. The van der Waals surface area contributed by atoms with E-state index in [1.807, 2.05) is 30.3 Å². The van der Waals surface area contributed by atoms with E-state index >= 15 is 0 Å². The Bertz CT molecular complexity index is 346. The van der Waals surface area contributed by atoms with Gasteiger partial charge in [-0.3, -0.25) is 4.99 Å². The molecule has 0 saturated carbocycles. The number of nitrogens with two attached hydrogens (primary N) is 1. The Morgan fingerprint density at radius 2 is 2.00 bits per heavy atom. The minimum Gasteiger partial charge on any atom is -0.370 e. The van der Waals surface area contributed by atoms with Crippen LogP contribution in [0.3, 0.4) is 0 Å². The van der Waals surface area contributed by atoms with Gasteiger partial charge < -0.3 is 11.1 Å². The number of rotatable bonds is 7. The fraction of sp³-hybridized carbons (Fsp3) is 0.533. The van der Waals surface area contributed by atoms with Crippen LogP contribution in [0, 0.1) is 5.92 Å². The second-order valence-electron chi connectivity index (χ2n) is 4.63. The molecule has 0 fully saturated rings. The lowest BCUT2D eigenvalue weighted by Crippen LogP contribution is -2.23. The van der Waals surface area contributed by atoms with Crippen molar-refractivity contribution in [3.63, 3.8) is 0 Å². The molecular weight excluding hydrogens is 222 g/mol. The summed E-state index contributed by atoms with van der Waals surface area (Å²) in [5, 5.41) is 3.11. The van der Waals surface area contributed by atoms with E-state index in [2.05, 4.69) is 24.2 Å². The Morgan fingerprint density at radius 1 is 1.28 bits per heavy atom. The number of nitrogens with one attached hydrogen (secondary N) is 1. The van der Waals surface area contributed by atoms with Crippen LogP contribution in [0.5, 0.6) is 0 Å². The maximum atomic E-state index is 5.88. The molecule has 1 unspecified atom stereocenters. The first-order chi connectivity index (χ1) is 8.76. The van der Waals surface area contributed by atoms with E-state index in [9.17, 15) is 0 Å². The van der Waals surface area contributed by atoms with E-state index in [0.717, 1.165) is 12.2 Å². The van der Waals surface area contributed by atoms with Gasteiger partial charge in [0, 0.05) is 12.2 Å². The quantitative estimate of drug-likeness (QED) is 0.571. The highest BCUT2D eigenvalue weighted by Crippen LogP contribution is 2.12. The van der Waals surface area contributed by atoms with Crippen molar-refractivity contribution < 1.29 is 0 Å². The molecule has 0 amide bonds. The van der Waals surface area contributed by atoms with Crippen LogP contribution in [-0.2, 0) is 0 Å². The molecular formula is C15H25N3. The summed E-state index contributed by atoms with van der Waals surface area (Å²) in [6, 6.07) is 9.90. The molecule has 0 aliphatic rings. The normalized spacial score (nSPS) is 13.3. The van der Waals surface area contributed by atoms with Gasteiger partial charge in [0.1, 0.15) is 0 Å². The first kappa shape index (κ1) is 14.6. The SMILES string of the molecule is CCCCC(CC)CN=C(N)Nc1ccccc1. The molecule has 1 atom stereocenters. The van der Waals surface area contributed by atoms with Crippen molar-refractivity contribution in [1.29, 1.82) is 0 Å². The highest BCUT2D eigenvalue weighted by Gasteiger charge is 2.04. The van der Waals surface area contributed by atoms with Crippen LogP contribution < -0.4 is 11.1 Å². The molecule has 0 aliphatic heterocycles. The number of unbranched alkanes of at least 4 members (excludes halogenated alkanes) is 1. The topological polar surface area (TPSA) is 50.4 Å². The molecule has 0 bridgehead atoms. The number of benzene rings is 1. The van der Waals surface area contributed by atoms with E-state index in [-0.39, 0.29) is 0 Å². The highest BCUT2D eigenvalue weighted by molar-refractivity contribution is 5.92. The second kappa shape index (κ2) is 8.56. The first-order valence-electron chi connectivity index (χ1n) is 6.88. The van der Waals surface area contributed by atoms with Gasteiger partial charge in [0.05, 0.1) is 0 Å². The van der Waals surface area contributed by atoms with Crippen LogP contribution in [0.15, 0.2) is 35.3 Å². The van der Waals surface area contributed by atoms with Crippen LogP contribution in [0.1, 0.15) is 39.5 Å². The third kappa shape index (κ3) is 5.71. The molecule has 1 rings (SSSR count). The van der Waals surface area contributed by atoms with Crippen molar-refractivity contribution in [3.8, 4) is 0 Å². The summed E-state index contributed by atoms with van der Waals surface area (Å²) in [7, 11) is 0. The van der Waals surface area contributed by atoms with Gasteiger partial charge in [0.25, 0.3) is 0 Å².